The molecule has 24 heavy (non-hydrogen) atoms. The summed E-state index contributed by atoms with van der Waals surface area (Å²) in [6.45, 7) is 2.25. The molecule has 0 saturated carbocycles. The molecule has 0 spiro atoms. The maximum absolute atomic E-state index is 12.5. The number of aryl methyl sites for hydroxylation is 1. The standard InChI is InChI=1S/C17H14N2O5/c1-10-15(16(19-24-10)13-3-2-6-21-13)17(20)18-8-11-4-5-12-14(7-11)23-9-22-12/h2-7H,8-9H2,1H3,(H,18,20). The van der Waals surface area contributed by atoms with Crippen molar-refractivity contribution in [2.24, 2.45) is 0 Å². The molecule has 0 atom stereocenters. The Hall–Kier alpha value is -3.22. The Labute approximate surface area is 137 Å². The number of fused-ring (bicyclic) bond motifs is 1. The van der Waals surface area contributed by atoms with Gasteiger partial charge in [0, 0.05) is 6.54 Å². The molecule has 0 saturated heterocycles. The van der Waals surface area contributed by atoms with E-state index in [1.807, 2.05) is 18.2 Å². The second-order valence-electron chi connectivity index (χ2n) is 5.31. The van der Waals surface area contributed by atoms with Crippen molar-refractivity contribution in [1.29, 1.82) is 0 Å². The lowest BCUT2D eigenvalue weighted by Crippen LogP contribution is -2.23. The van der Waals surface area contributed by atoms with E-state index in [4.69, 9.17) is 18.4 Å². The van der Waals surface area contributed by atoms with E-state index in [0.717, 1.165) is 5.56 Å². The van der Waals surface area contributed by atoms with Crippen LogP contribution in [0.1, 0.15) is 21.7 Å². The van der Waals surface area contributed by atoms with Gasteiger partial charge in [0.05, 0.1) is 6.26 Å². The van der Waals surface area contributed by atoms with E-state index < -0.39 is 0 Å². The first-order chi connectivity index (χ1) is 11.7. The van der Waals surface area contributed by atoms with E-state index in [0.29, 0.717) is 40.8 Å². The van der Waals surface area contributed by atoms with Crippen molar-refractivity contribution in [3.8, 4) is 23.0 Å². The van der Waals surface area contributed by atoms with Gasteiger partial charge in [0.25, 0.3) is 5.91 Å². The highest BCUT2D eigenvalue weighted by atomic mass is 16.7. The zero-order valence-electron chi connectivity index (χ0n) is 12.9. The Morgan fingerprint density at radius 3 is 2.96 bits per heavy atom. The van der Waals surface area contributed by atoms with Crippen molar-refractivity contribution in [3.05, 3.63) is 53.5 Å². The lowest BCUT2D eigenvalue weighted by molar-refractivity contribution is 0.0949. The van der Waals surface area contributed by atoms with Gasteiger partial charge in [-0.1, -0.05) is 11.2 Å². The summed E-state index contributed by atoms with van der Waals surface area (Å²) in [5, 5.41) is 6.77. The van der Waals surface area contributed by atoms with Gasteiger partial charge >= 0.3 is 0 Å². The van der Waals surface area contributed by atoms with Crippen molar-refractivity contribution in [2.45, 2.75) is 13.5 Å². The number of furan rings is 1. The third-order valence-corrected chi connectivity index (χ3v) is 3.73. The number of ether oxygens (including phenoxy) is 2. The number of carbonyl (C=O) groups is 1. The lowest BCUT2D eigenvalue weighted by Gasteiger charge is -2.06. The van der Waals surface area contributed by atoms with Crippen LogP contribution in [0, 0.1) is 6.92 Å². The fraction of sp³-hybridized carbons (Fsp3) is 0.176. The summed E-state index contributed by atoms with van der Waals surface area (Å²) in [4.78, 5) is 12.5. The second kappa shape index (κ2) is 5.77. The van der Waals surface area contributed by atoms with Crippen molar-refractivity contribution < 1.29 is 23.2 Å². The van der Waals surface area contributed by atoms with Gasteiger partial charge in [-0.3, -0.25) is 4.79 Å². The summed E-state index contributed by atoms with van der Waals surface area (Å²) in [7, 11) is 0. The fourth-order valence-corrected chi connectivity index (χ4v) is 2.54. The fourth-order valence-electron chi connectivity index (χ4n) is 2.54. The third kappa shape index (κ3) is 2.50. The molecule has 1 aliphatic rings. The van der Waals surface area contributed by atoms with Crippen molar-refractivity contribution in [3.63, 3.8) is 0 Å². The number of hydrogen-bond acceptors (Lipinski definition) is 6. The van der Waals surface area contributed by atoms with Crippen molar-refractivity contribution >= 4 is 5.91 Å². The minimum absolute atomic E-state index is 0.220. The normalized spacial score (nSPS) is 12.4. The molecule has 1 aromatic carbocycles. The summed E-state index contributed by atoms with van der Waals surface area (Å²) >= 11 is 0. The van der Waals surface area contributed by atoms with Crippen LogP contribution >= 0.6 is 0 Å². The third-order valence-electron chi connectivity index (χ3n) is 3.73. The zero-order valence-corrected chi connectivity index (χ0v) is 12.9. The molecule has 1 aliphatic heterocycles. The van der Waals surface area contributed by atoms with Crippen LogP contribution in [0.25, 0.3) is 11.5 Å². The van der Waals surface area contributed by atoms with Gasteiger partial charge in [0.2, 0.25) is 6.79 Å². The molecule has 0 aliphatic carbocycles. The van der Waals surface area contributed by atoms with Gasteiger partial charge in [-0.25, -0.2) is 0 Å². The van der Waals surface area contributed by atoms with E-state index in [1.165, 1.54) is 6.26 Å². The van der Waals surface area contributed by atoms with Crippen LogP contribution in [-0.2, 0) is 6.54 Å². The minimum Gasteiger partial charge on any atom is -0.463 e. The molecule has 3 heterocycles. The van der Waals surface area contributed by atoms with Crippen LogP contribution in [-0.4, -0.2) is 17.9 Å². The van der Waals surface area contributed by atoms with Crippen LogP contribution in [0.15, 0.2) is 45.5 Å². The first-order valence-corrected chi connectivity index (χ1v) is 7.39. The highest BCUT2D eigenvalue weighted by molar-refractivity contribution is 6.00. The van der Waals surface area contributed by atoms with Crippen molar-refractivity contribution in [2.75, 3.05) is 6.79 Å². The van der Waals surface area contributed by atoms with Crippen LogP contribution in [0.2, 0.25) is 0 Å². The number of hydrogen-bond donors (Lipinski definition) is 1. The van der Waals surface area contributed by atoms with E-state index in [2.05, 4.69) is 10.5 Å². The predicted octanol–water partition coefficient (Wildman–Crippen LogP) is 2.90. The average Bonchev–Trinajstić information content (AvgIpc) is 3.32. The van der Waals surface area contributed by atoms with Gasteiger partial charge < -0.3 is 23.7 Å². The van der Waals surface area contributed by atoms with Gasteiger partial charge in [-0.2, -0.15) is 0 Å². The maximum Gasteiger partial charge on any atom is 0.257 e. The summed E-state index contributed by atoms with van der Waals surface area (Å²) < 4.78 is 21.1. The van der Waals surface area contributed by atoms with Gasteiger partial charge in [0.15, 0.2) is 23.0 Å². The van der Waals surface area contributed by atoms with Gasteiger partial charge in [0.1, 0.15) is 11.3 Å². The minimum atomic E-state index is -0.280. The Bertz CT molecular complexity index is 883. The van der Waals surface area contributed by atoms with Gasteiger partial charge in [-0.05, 0) is 36.8 Å². The number of aromatic nitrogens is 1. The van der Waals surface area contributed by atoms with E-state index in [-0.39, 0.29) is 12.7 Å². The molecule has 4 rings (SSSR count). The highest BCUT2D eigenvalue weighted by Crippen LogP contribution is 2.32. The van der Waals surface area contributed by atoms with E-state index in [1.54, 1.807) is 19.1 Å². The van der Waals surface area contributed by atoms with E-state index >= 15 is 0 Å². The summed E-state index contributed by atoms with van der Waals surface area (Å²) in [6, 6.07) is 9.00. The van der Waals surface area contributed by atoms with Crippen molar-refractivity contribution in [1.82, 2.24) is 10.5 Å². The molecule has 7 nitrogen and oxygen atoms in total. The van der Waals surface area contributed by atoms with Crippen LogP contribution in [0.4, 0.5) is 0 Å². The lowest BCUT2D eigenvalue weighted by atomic mass is 10.1. The topological polar surface area (TPSA) is 86.7 Å². The number of rotatable bonds is 4. The summed E-state index contributed by atoms with van der Waals surface area (Å²) in [5.41, 5.74) is 1.66. The average molecular weight is 326 g/mol. The molecular weight excluding hydrogens is 312 g/mol. The molecule has 0 bridgehead atoms. The molecule has 1 N–H and O–H groups in total. The molecule has 2 aromatic heterocycles. The monoisotopic (exact) mass is 326 g/mol. The molecule has 122 valence electrons. The number of nitrogens with zero attached hydrogens (tertiary/aromatic N) is 1. The smallest absolute Gasteiger partial charge is 0.257 e. The summed E-state index contributed by atoms with van der Waals surface area (Å²) in [6.07, 6.45) is 1.52. The van der Waals surface area contributed by atoms with Crippen LogP contribution < -0.4 is 14.8 Å². The Morgan fingerprint density at radius 2 is 2.12 bits per heavy atom. The quantitative estimate of drug-likeness (QED) is 0.793. The SMILES string of the molecule is Cc1onc(-c2ccco2)c1C(=O)NCc1ccc2c(c1)OCO2. The Balaban J connectivity index is 1.52. The molecule has 0 radical (unpaired) electrons. The highest BCUT2D eigenvalue weighted by Gasteiger charge is 2.23. The Kier molecular flexibility index (Phi) is 3.45. The number of benzene rings is 1. The maximum atomic E-state index is 12.5. The largest absolute Gasteiger partial charge is 0.463 e. The van der Waals surface area contributed by atoms with Gasteiger partial charge in [-0.15, -0.1) is 0 Å². The predicted molar refractivity (Wildman–Crippen MR) is 82.7 cm³/mol. The molecular formula is C17H14N2O5. The zero-order chi connectivity index (χ0) is 16.5. The van der Waals surface area contributed by atoms with Crippen LogP contribution in [0.5, 0.6) is 11.5 Å². The second-order valence-corrected chi connectivity index (χ2v) is 5.31. The molecule has 0 fully saturated rings. The first-order valence-electron chi connectivity index (χ1n) is 7.39. The first kappa shape index (κ1) is 14.4. The molecule has 0 unspecified atom stereocenters. The van der Waals surface area contributed by atoms with E-state index in [9.17, 15) is 4.79 Å². The molecule has 7 heteroatoms. The molecule has 3 aromatic rings. The number of nitrogens with one attached hydrogen (secondary N) is 1. The number of carbonyl (C=O) groups excluding carboxylic acids is 1. The van der Waals surface area contributed by atoms with Crippen LogP contribution in [0.3, 0.4) is 0 Å². The molecule has 1 amide bonds. The Morgan fingerprint density at radius 1 is 1.25 bits per heavy atom. The number of amides is 1. The summed E-state index contributed by atoms with van der Waals surface area (Å²) in [5.74, 6) is 2.03.